The van der Waals surface area contributed by atoms with Crippen molar-refractivity contribution in [3.63, 3.8) is 0 Å². The lowest BCUT2D eigenvalue weighted by Gasteiger charge is -2.21. The van der Waals surface area contributed by atoms with Crippen LogP contribution in [0, 0.1) is 0 Å². The molecule has 9 nitrogen and oxygen atoms in total. The molecule has 1 N–H and O–H groups in total. The number of hydroxylamine groups is 2. The van der Waals surface area contributed by atoms with Crippen molar-refractivity contribution in [3.8, 4) is 0 Å². The standard InChI is InChI=1S/C10H13NO5.C10H17NO2S2/c1-2-7(12)3-6-10(15)16-11-8(13)4-5-9(11)14;1-2-9(12)3-4-10(13)11-8-5-6-14-15-7-8/h2-6H2,1H3;8H,2-7H2,1H3,(H,11,13). The van der Waals surface area contributed by atoms with Crippen molar-refractivity contribution in [2.24, 2.45) is 0 Å². The average Bonchev–Trinajstić information content (AvgIpc) is 3.08. The number of nitrogens with zero attached hydrogens (tertiary/aromatic N) is 1. The normalized spacial score (nSPS) is 18.1. The monoisotopic (exact) mass is 474 g/mol. The fourth-order valence-electron chi connectivity index (χ4n) is 2.53. The molecular formula is C20H30N2O7S2. The van der Waals surface area contributed by atoms with Crippen molar-refractivity contribution < 1.29 is 33.6 Å². The summed E-state index contributed by atoms with van der Waals surface area (Å²) in [4.78, 5) is 71.3. The van der Waals surface area contributed by atoms with Crippen molar-refractivity contribution in [2.75, 3.05) is 11.5 Å². The van der Waals surface area contributed by atoms with E-state index >= 15 is 0 Å². The van der Waals surface area contributed by atoms with Gasteiger partial charge in [0.1, 0.15) is 11.6 Å². The Balaban J connectivity index is 0.000000311. The Morgan fingerprint density at radius 3 is 2.03 bits per heavy atom. The molecule has 174 valence electrons. The van der Waals surface area contributed by atoms with E-state index in [0.29, 0.717) is 36.8 Å². The molecule has 0 bridgehead atoms. The third-order valence-corrected chi connectivity index (χ3v) is 7.01. The summed E-state index contributed by atoms with van der Waals surface area (Å²) >= 11 is 0. The lowest BCUT2D eigenvalue weighted by atomic mass is 10.1. The molecule has 1 unspecified atom stereocenters. The van der Waals surface area contributed by atoms with Crippen molar-refractivity contribution in [1.82, 2.24) is 10.4 Å². The second-order valence-electron chi connectivity index (χ2n) is 6.99. The molecule has 31 heavy (non-hydrogen) atoms. The Morgan fingerprint density at radius 2 is 1.52 bits per heavy atom. The van der Waals surface area contributed by atoms with Gasteiger partial charge in [0, 0.05) is 62.5 Å². The van der Waals surface area contributed by atoms with Gasteiger partial charge in [-0.05, 0) is 6.42 Å². The summed E-state index contributed by atoms with van der Waals surface area (Å²) in [6.45, 7) is 3.52. The predicted octanol–water partition coefficient (Wildman–Crippen LogP) is 2.37. The lowest BCUT2D eigenvalue weighted by Crippen LogP contribution is -2.38. The molecule has 2 aliphatic heterocycles. The highest BCUT2D eigenvalue weighted by Crippen LogP contribution is 2.29. The van der Waals surface area contributed by atoms with Gasteiger partial charge in [0.25, 0.3) is 11.8 Å². The highest BCUT2D eigenvalue weighted by Gasteiger charge is 2.32. The number of ketones is 2. The number of carbonyl (C=O) groups excluding carboxylic acids is 6. The molecule has 2 heterocycles. The average molecular weight is 475 g/mol. The summed E-state index contributed by atoms with van der Waals surface area (Å²) in [6, 6.07) is 0.306. The first-order chi connectivity index (χ1) is 14.8. The van der Waals surface area contributed by atoms with E-state index in [4.69, 9.17) is 0 Å². The number of hydrogen-bond donors (Lipinski definition) is 1. The van der Waals surface area contributed by atoms with Crippen LogP contribution in [0.4, 0.5) is 0 Å². The molecule has 2 aliphatic rings. The number of carbonyl (C=O) groups is 6. The van der Waals surface area contributed by atoms with E-state index in [1.165, 1.54) is 0 Å². The summed E-state index contributed by atoms with van der Waals surface area (Å²) in [5.41, 5.74) is 0. The molecular weight excluding hydrogens is 444 g/mol. The third kappa shape index (κ3) is 11.3. The van der Waals surface area contributed by atoms with Crippen molar-refractivity contribution >= 4 is 56.8 Å². The van der Waals surface area contributed by atoms with Crippen molar-refractivity contribution in [1.29, 1.82) is 0 Å². The van der Waals surface area contributed by atoms with Crippen LogP contribution in [0.2, 0.25) is 0 Å². The molecule has 2 saturated heterocycles. The fourth-order valence-corrected chi connectivity index (χ4v) is 4.96. The molecule has 0 radical (unpaired) electrons. The molecule has 2 rings (SSSR count). The minimum absolute atomic E-state index is 0.0225. The van der Waals surface area contributed by atoms with Gasteiger partial charge in [0.15, 0.2) is 0 Å². The van der Waals surface area contributed by atoms with Crippen LogP contribution in [0.1, 0.15) is 71.6 Å². The minimum atomic E-state index is -0.731. The van der Waals surface area contributed by atoms with Gasteiger partial charge in [-0.15, -0.1) is 5.06 Å². The van der Waals surface area contributed by atoms with Crippen molar-refractivity contribution in [2.45, 2.75) is 77.7 Å². The summed E-state index contributed by atoms with van der Waals surface area (Å²) in [5, 5.41) is 3.46. The van der Waals surface area contributed by atoms with Crippen LogP contribution >= 0.6 is 21.6 Å². The van der Waals surface area contributed by atoms with Crippen LogP contribution in [0.15, 0.2) is 0 Å². The van der Waals surface area contributed by atoms with Crippen LogP contribution in [0.3, 0.4) is 0 Å². The predicted molar refractivity (Wildman–Crippen MR) is 118 cm³/mol. The largest absolute Gasteiger partial charge is 0.352 e. The Kier molecular flexibility index (Phi) is 13.1. The summed E-state index contributed by atoms with van der Waals surface area (Å²) in [5.74, 6) is 0.455. The first kappa shape index (κ1) is 27.2. The first-order valence-electron chi connectivity index (χ1n) is 10.4. The molecule has 3 amide bonds. The Labute approximate surface area is 190 Å². The smallest absolute Gasteiger partial charge is 0.333 e. The number of rotatable bonds is 10. The minimum Gasteiger partial charge on any atom is -0.352 e. The maximum absolute atomic E-state index is 11.5. The van der Waals surface area contributed by atoms with Gasteiger partial charge in [0.2, 0.25) is 5.91 Å². The van der Waals surface area contributed by atoms with Gasteiger partial charge in [0.05, 0.1) is 6.42 Å². The third-order valence-electron chi connectivity index (χ3n) is 4.49. The fraction of sp³-hybridized carbons (Fsp3) is 0.700. The summed E-state index contributed by atoms with van der Waals surface area (Å²) in [7, 11) is 3.67. The van der Waals surface area contributed by atoms with Gasteiger partial charge in [-0.1, -0.05) is 35.4 Å². The summed E-state index contributed by atoms with van der Waals surface area (Å²) < 4.78 is 0. The molecule has 0 aromatic carbocycles. The SMILES string of the molecule is CCC(=O)CCC(=O)NC1CCSSC1.CCC(=O)CCC(=O)ON1C(=O)CCC1=O. The summed E-state index contributed by atoms with van der Waals surface area (Å²) in [6.07, 6.45) is 2.77. The van der Waals surface area contributed by atoms with E-state index in [-0.39, 0.29) is 43.2 Å². The number of imide groups is 1. The number of Topliss-reactive ketones (excluding diaryl/α,β-unsaturated/α-hetero) is 2. The van der Waals surface area contributed by atoms with Crippen LogP contribution in [0.5, 0.6) is 0 Å². The highest BCUT2D eigenvalue weighted by atomic mass is 33.1. The first-order valence-corrected chi connectivity index (χ1v) is 12.9. The number of amides is 3. The quantitative estimate of drug-likeness (QED) is 0.375. The van der Waals surface area contributed by atoms with E-state index in [0.717, 1.165) is 17.9 Å². The van der Waals surface area contributed by atoms with Crippen molar-refractivity contribution in [3.05, 3.63) is 0 Å². The Morgan fingerprint density at radius 1 is 0.935 bits per heavy atom. The van der Waals surface area contributed by atoms with E-state index in [1.807, 2.05) is 28.5 Å². The zero-order valence-corrected chi connectivity index (χ0v) is 19.6. The van der Waals surface area contributed by atoms with Crippen LogP contribution in [0.25, 0.3) is 0 Å². The lowest BCUT2D eigenvalue weighted by molar-refractivity contribution is -0.197. The van der Waals surface area contributed by atoms with Gasteiger partial charge in [-0.2, -0.15) is 0 Å². The van der Waals surface area contributed by atoms with Gasteiger partial charge in [-0.3, -0.25) is 24.0 Å². The zero-order valence-electron chi connectivity index (χ0n) is 18.0. The second kappa shape index (κ2) is 15.0. The topological polar surface area (TPSA) is 127 Å². The molecule has 0 spiro atoms. The molecule has 0 aromatic rings. The Bertz CT molecular complexity index is 662. The van der Waals surface area contributed by atoms with E-state index < -0.39 is 17.8 Å². The molecule has 0 saturated carbocycles. The van der Waals surface area contributed by atoms with E-state index in [9.17, 15) is 28.8 Å². The highest BCUT2D eigenvalue weighted by molar-refractivity contribution is 8.76. The number of nitrogens with one attached hydrogen (secondary N) is 1. The van der Waals surface area contributed by atoms with E-state index in [1.54, 1.807) is 6.92 Å². The van der Waals surface area contributed by atoms with Crippen LogP contribution in [-0.2, 0) is 33.6 Å². The van der Waals surface area contributed by atoms with Crippen LogP contribution < -0.4 is 5.32 Å². The Hall–Kier alpha value is -1.88. The van der Waals surface area contributed by atoms with E-state index in [2.05, 4.69) is 10.2 Å². The van der Waals surface area contributed by atoms with Gasteiger partial charge >= 0.3 is 5.97 Å². The zero-order chi connectivity index (χ0) is 23.2. The molecule has 1 atom stereocenters. The van der Waals surface area contributed by atoms with Gasteiger partial charge in [-0.25, -0.2) is 4.79 Å². The van der Waals surface area contributed by atoms with Crippen LogP contribution in [-0.4, -0.2) is 57.9 Å². The van der Waals surface area contributed by atoms with Gasteiger partial charge < -0.3 is 10.2 Å². The maximum atomic E-state index is 11.5. The number of hydrogen-bond acceptors (Lipinski definition) is 9. The second-order valence-corrected chi connectivity index (χ2v) is 9.62. The molecule has 0 aromatic heterocycles. The molecule has 0 aliphatic carbocycles. The maximum Gasteiger partial charge on any atom is 0.333 e. The molecule has 2 fully saturated rings. The molecule has 11 heteroatoms.